The molecule has 344 valence electrons. The average molecular weight is 1070 g/mol. The zero-order valence-corrected chi connectivity index (χ0v) is 41.5. The third kappa shape index (κ3) is 15.6. The number of methoxy groups -OCH3 is 4. The second-order valence-electron chi connectivity index (χ2n) is 13.1. The Labute approximate surface area is 402 Å². The summed E-state index contributed by atoms with van der Waals surface area (Å²) >= 11 is 8.45. The van der Waals surface area contributed by atoms with Crippen LogP contribution in [0.5, 0.6) is 23.0 Å². The zero-order chi connectivity index (χ0) is 47.5. The van der Waals surface area contributed by atoms with Crippen molar-refractivity contribution in [2.24, 2.45) is 5.73 Å². The van der Waals surface area contributed by atoms with Crippen LogP contribution < -0.4 is 30.0 Å². The van der Waals surface area contributed by atoms with E-state index in [1.54, 1.807) is 83.2 Å². The van der Waals surface area contributed by atoms with Gasteiger partial charge in [-0.05, 0) is 110 Å². The predicted molar refractivity (Wildman–Crippen MR) is 259 cm³/mol. The first-order valence-electron chi connectivity index (χ1n) is 19.0. The predicted octanol–water partition coefficient (Wildman–Crippen LogP) is 9.35. The number of halogens is 3. The summed E-state index contributed by atoms with van der Waals surface area (Å²) in [5.41, 5.74) is 11.2. The van der Waals surface area contributed by atoms with Gasteiger partial charge in [-0.2, -0.15) is 0 Å². The molecule has 8 rings (SSSR count). The number of nitrogens with one attached hydrogen (secondary N) is 3. The number of H-pyrrole nitrogens is 2. The van der Waals surface area contributed by atoms with Gasteiger partial charge < -0.3 is 49.1 Å². The molecular formula is C44H45Br2ClN8O8S2-2. The van der Waals surface area contributed by atoms with Gasteiger partial charge in [-0.25, -0.2) is 19.9 Å². The molecule has 21 heteroatoms. The summed E-state index contributed by atoms with van der Waals surface area (Å²) in [7, 11) is 6.52. The molecular weight excluding hydrogens is 1030 g/mol. The lowest BCUT2D eigenvalue weighted by Gasteiger charge is -2.12. The highest BCUT2D eigenvalue weighted by Gasteiger charge is 2.11. The van der Waals surface area contributed by atoms with Crippen molar-refractivity contribution in [3.8, 4) is 23.0 Å². The number of fused-ring (bicyclic) bond motifs is 2. The lowest BCUT2D eigenvalue weighted by Crippen LogP contribution is -2.04. The molecule has 0 amide bonds. The normalized spacial score (nSPS) is 11.2. The Balaban J connectivity index is 0.000000186. The van der Waals surface area contributed by atoms with Crippen molar-refractivity contribution >= 4 is 93.5 Å². The highest BCUT2D eigenvalue weighted by atomic mass is 79.9. The van der Waals surface area contributed by atoms with Crippen molar-refractivity contribution in [1.29, 1.82) is 0 Å². The van der Waals surface area contributed by atoms with Crippen LogP contribution in [0.3, 0.4) is 0 Å². The highest BCUT2D eigenvalue weighted by Crippen LogP contribution is 2.30. The molecule has 4 aromatic heterocycles. The average Bonchev–Trinajstić information content (AvgIpc) is 3.91. The minimum atomic E-state index is -2.09. The first kappa shape index (κ1) is 52.2. The van der Waals surface area contributed by atoms with Gasteiger partial charge in [0.25, 0.3) is 0 Å². The van der Waals surface area contributed by atoms with Crippen molar-refractivity contribution in [3.05, 3.63) is 146 Å². The maximum absolute atomic E-state index is 10.3. The van der Waals surface area contributed by atoms with Gasteiger partial charge in [0.2, 0.25) is 0 Å². The number of benzene rings is 4. The number of ether oxygens (including phenoxy) is 4. The zero-order valence-electron chi connectivity index (χ0n) is 35.9. The van der Waals surface area contributed by atoms with Crippen LogP contribution in [0.1, 0.15) is 22.3 Å². The van der Waals surface area contributed by atoms with E-state index in [1.807, 2.05) is 56.4 Å². The quantitative estimate of drug-likeness (QED) is 0.0738. The van der Waals surface area contributed by atoms with E-state index in [2.05, 4.69) is 67.1 Å². The van der Waals surface area contributed by atoms with Gasteiger partial charge in [0.15, 0.2) is 0 Å². The number of aromatic amines is 2. The standard InChI is InChI=1S/C15H15BrN4O2.C9H13NO2.2C7H8O2S.C6H3BrClN3/c1-21-10-4-3-9(12(5-10)22-2)6-17-14-13-11(16)7-18-15(13)20-8-19-14;1-11-8-4-3-7(6-10)9(5-8)12-2;2*1-6-2-4-7(5-3-6)10(8)9;7-3-1-9-6-4(3)5(8)10-2-11-6/h3-5,7-8H,6H2,1-2H3,(H2,17,18,19,20);3-5H,6,10H2,1-2H3;2*2-5H,1H3,(H,8,9);1-2H,(H,9,10,11)/p-2. The summed E-state index contributed by atoms with van der Waals surface area (Å²) in [5, 5.41) is 5.54. The van der Waals surface area contributed by atoms with Gasteiger partial charge in [-0.15, -0.1) is 0 Å². The van der Waals surface area contributed by atoms with E-state index in [1.165, 1.54) is 12.7 Å². The van der Waals surface area contributed by atoms with Gasteiger partial charge in [0.1, 0.15) is 57.9 Å². The Kier molecular flexibility index (Phi) is 21.3. The van der Waals surface area contributed by atoms with E-state index in [0.717, 1.165) is 82.1 Å². The minimum absolute atomic E-state index is 0.339. The summed E-state index contributed by atoms with van der Waals surface area (Å²) in [6, 6.07) is 24.7. The van der Waals surface area contributed by atoms with Crippen LogP contribution in [0.2, 0.25) is 5.15 Å². The molecule has 0 aliphatic carbocycles. The SMILES string of the molecule is COc1ccc(CN)c(OC)c1.COc1ccc(CNc2ncnc3[nH]cc(Br)c23)c(OC)c1.Cc1ccc(S(=O)[O-])cc1.Cc1ccc(S(=O)[O-])cc1.Clc1ncnc2[nH]cc(Br)c12. The molecule has 0 fully saturated rings. The molecule has 0 saturated heterocycles. The fourth-order valence-electron chi connectivity index (χ4n) is 5.44. The van der Waals surface area contributed by atoms with Crippen molar-refractivity contribution in [2.75, 3.05) is 33.8 Å². The summed E-state index contributed by atoms with van der Waals surface area (Å²) in [5.74, 6) is 3.85. The fourth-order valence-corrected chi connectivity index (χ4v) is 7.49. The Bertz CT molecular complexity index is 2740. The van der Waals surface area contributed by atoms with Crippen molar-refractivity contribution in [1.82, 2.24) is 29.9 Å². The van der Waals surface area contributed by atoms with E-state index in [0.29, 0.717) is 28.0 Å². The second kappa shape index (κ2) is 26.5. The molecule has 4 heterocycles. The maximum Gasteiger partial charge on any atom is 0.144 e. The van der Waals surface area contributed by atoms with Crippen molar-refractivity contribution in [3.63, 3.8) is 0 Å². The molecule has 8 aromatic rings. The molecule has 2 unspecified atom stereocenters. The highest BCUT2D eigenvalue weighted by molar-refractivity contribution is 9.11. The lowest BCUT2D eigenvalue weighted by molar-refractivity contribution is 0.391. The molecule has 0 spiro atoms. The van der Waals surface area contributed by atoms with Crippen LogP contribution in [-0.2, 0) is 35.3 Å². The number of aryl methyl sites for hydroxylation is 2. The molecule has 0 saturated carbocycles. The maximum atomic E-state index is 10.3. The Morgan fingerprint density at radius 3 is 1.54 bits per heavy atom. The second-order valence-corrected chi connectivity index (χ2v) is 17.1. The molecule has 0 bridgehead atoms. The molecule has 65 heavy (non-hydrogen) atoms. The van der Waals surface area contributed by atoms with Crippen LogP contribution in [0.25, 0.3) is 22.1 Å². The number of hydrogen-bond donors (Lipinski definition) is 4. The molecule has 2 atom stereocenters. The number of rotatable bonds is 10. The molecule has 0 radical (unpaired) electrons. The van der Waals surface area contributed by atoms with Crippen LogP contribution in [-0.4, -0.2) is 75.9 Å². The molecule has 4 aromatic carbocycles. The molecule has 0 aliphatic heterocycles. The Morgan fingerprint density at radius 2 is 1.09 bits per heavy atom. The number of hydrogen-bond acceptors (Lipinski definition) is 14. The van der Waals surface area contributed by atoms with Gasteiger partial charge >= 0.3 is 0 Å². The topological polar surface area (TPSA) is 238 Å². The first-order valence-corrected chi connectivity index (χ1v) is 23.1. The lowest BCUT2D eigenvalue weighted by atomic mass is 10.2. The monoisotopic (exact) mass is 1070 g/mol. The van der Waals surface area contributed by atoms with E-state index in [9.17, 15) is 17.5 Å². The smallest absolute Gasteiger partial charge is 0.144 e. The molecule has 16 nitrogen and oxygen atoms in total. The van der Waals surface area contributed by atoms with Gasteiger partial charge in [-0.1, -0.05) is 53.1 Å². The Hall–Kier alpha value is -5.45. The summed E-state index contributed by atoms with van der Waals surface area (Å²) < 4.78 is 63.8. The van der Waals surface area contributed by atoms with E-state index in [-0.39, 0.29) is 0 Å². The van der Waals surface area contributed by atoms with Gasteiger partial charge in [0, 0.05) is 67.5 Å². The first-order chi connectivity index (χ1) is 31.2. The third-order valence-electron chi connectivity index (χ3n) is 8.88. The van der Waals surface area contributed by atoms with Gasteiger partial charge in [-0.3, -0.25) is 8.42 Å². The molecule has 5 N–H and O–H groups in total. The summed E-state index contributed by atoms with van der Waals surface area (Å²) in [4.78, 5) is 23.0. The van der Waals surface area contributed by atoms with E-state index < -0.39 is 22.2 Å². The van der Waals surface area contributed by atoms with Crippen LogP contribution in [0.4, 0.5) is 5.82 Å². The third-order valence-corrected chi connectivity index (χ3v) is 11.7. The number of nitrogens with zero attached hydrogens (tertiary/aromatic N) is 4. The largest absolute Gasteiger partial charge is 0.768 e. The van der Waals surface area contributed by atoms with Crippen LogP contribution in [0.15, 0.2) is 129 Å². The van der Waals surface area contributed by atoms with Crippen molar-refractivity contribution < 1.29 is 36.5 Å². The van der Waals surface area contributed by atoms with Crippen molar-refractivity contribution in [2.45, 2.75) is 36.7 Å². The van der Waals surface area contributed by atoms with Crippen LogP contribution >= 0.6 is 43.5 Å². The molecule has 0 aliphatic rings. The van der Waals surface area contributed by atoms with E-state index in [4.69, 9.17) is 36.3 Å². The van der Waals surface area contributed by atoms with Gasteiger partial charge in [0.05, 0.1) is 39.2 Å². The number of nitrogens with two attached hydrogens (primary N) is 1. The number of anilines is 1. The summed E-state index contributed by atoms with van der Waals surface area (Å²) in [6.45, 7) is 4.89. The number of aromatic nitrogens is 6. The Morgan fingerprint density at radius 1 is 0.646 bits per heavy atom. The van der Waals surface area contributed by atoms with E-state index >= 15 is 0 Å². The fraction of sp³-hybridized carbons (Fsp3) is 0.182. The van der Waals surface area contributed by atoms with Crippen LogP contribution in [0, 0.1) is 13.8 Å². The minimum Gasteiger partial charge on any atom is -0.768 e. The summed E-state index contributed by atoms with van der Waals surface area (Å²) in [6.07, 6.45) is 6.58.